The molecule has 1 fully saturated rings. The Morgan fingerprint density at radius 2 is 2.00 bits per heavy atom. The van der Waals surface area contributed by atoms with Gasteiger partial charge in [0.05, 0.1) is 12.6 Å². The fraction of sp³-hybridized carbons (Fsp3) is 0.867. The Balaban J connectivity index is 0.00000484. The van der Waals surface area contributed by atoms with E-state index >= 15 is 0 Å². The molecule has 3 N–H and O–H groups in total. The lowest BCUT2D eigenvalue weighted by atomic mass is 10.2. The van der Waals surface area contributed by atoms with Crippen molar-refractivity contribution in [3.05, 3.63) is 0 Å². The fourth-order valence-electron chi connectivity index (χ4n) is 2.11. The second kappa shape index (κ2) is 13.6. The first-order valence-corrected chi connectivity index (χ1v) is 8.16. The molecule has 8 heteroatoms. The number of halogens is 1. The van der Waals surface area contributed by atoms with Crippen LogP contribution >= 0.6 is 24.0 Å². The molecule has 1 atom stereocenters. The average Bonchev–Trinajstić information content (AvgIpc) is 3.33. The Morgan fingerprint density at radius 3 is 2.57 bits per heavy atom. The lowest BCUT2D eigenvalue weighted by Crippen LogP contribution is -2.48. The van der Waals surface area contributed by atoms with E-state index in [4.69, 9.17) is 9.47 Å². The lowest BCUT2D eigenvalue weighted by Gasteiger charge is -2.20. The van der Waals surface area contributed by atoms with Crippen molar-refractivity contribution in [1.29, 1.82) is 0 Å². The van der Waals surface area contributed by atoms with Crippen molar-refractivity contribution < 1.29 is 14.3 Å². The highest BCUT2D eigenvalue weighted by Crippen LogP contribution is 2.32. The van der Waals surface area contributed by atoms with Crippen LogP contribution in [0.15, 0.2) is 4.99 Å². The van der Waals surface area contributed by atoms with Gasteiger partial charge in [0.1, 0.15) is 0 Å². The minimum atomic E-state index is -0.346. The molecule has 0 spiro atoms. The van der Waals surface area contributed by atoms with Crippen LogP contribution in [0, 0.1) is 5.92 Å². The third-order valence-electron chi connectivity index (χ3n) is 3.44. The molecular formula is C15H31IN4O3. The van der Waals surface area contributed by atoms with Crippen LogP contribution in [0.4, 0.5) is 4.79 Å². The van der Waals surface area contributed by atoms with Crippen molar-refractivity contribution >= 4 is 36.0 Å². The van der Waals surface area contributed by atoms with Crippen molar-refractivity contribution in [3.63, 3.8) is 0 Å². The van der Waals surface area contributed by atoms with Crippen LogP contribution < -0.4 is 16.0 Å². The highest BCUT2D eigenvalue weighted by atomic mass is 127. The number of nitrogens with zero attached hydrogens (tertiary/aromatic N) is 1. The van der Waals surface area contributed by atoms with Gasteiger partial charge in [-0.25, -0.2) is 4.79 Å². The van der Waals surface area contributed by atoms with E-state index in [1.54, 1.807) is 14.0 Å². The molecule has 0 aromatic carbocycles. The molecule has 0 heterocycles. The highest BCUT2D eigenvalue weighted by Gasteiger charge is 2.32. The number of nitrogens with one attached hydrogen (secondary N) is 3. The first kappa shape index (κ1) is 22.2. The van der Waals surface area contributed by atoms with Gasteiger partial charge < -0.3 is 25.4 Å². The highest BCUT2D eigenvalue weighted by molar-refractivity contribution is 14.0. The monoisotopic (exact) mass is 442 g/mol. The third-order valence-corrected chi connectivity index (χ3v) is 3.44. The topological polar surface area (TPSA) is 84.0 Å². The van der Waals surface area contributed by atoms with E-state index in [-0.39, 0.29) is 36.1 Å². The molecule has 0 aromatic heterocycles. The molecular weight excluding hydrogens is 411 g/mol. The molecule has 1 unspecified atom stereocenters. The summed E-state index contributed by atoms with van der Waals surface area (Å²) in [5.74, 6) is 1.28. The number of guanidine groups is 1. The third kappa shape index (κ3) is 10.6. The van der Waals surface area contributed by atoms with Gasteiger partial charge in [0.15, 0.2) is 5.96 Å². The summed E-state index contributed by atoms with van der Waals surface area (Å²) >= 11 is 0. The van der Waals surface area contributed by atoms with E-state index in [1.165, 1.54) is 0 Å². The van der Waals surface area contributed by atoms with Gasteiger partial charge in [0.25, 0.3) is 0 Å². The van der Waals surface area contributed by atoms with E-state index in [2.05, 4.69) is 20.9 Å². The minimum Gasteiger partial charge on any atom is -0.450 e. The van der Waals surface area contributed by atoms with Crippen molar-refractivity contribution in [3.8, 4) is 0 Å². The van der Waals surface area contributed by atoms with Gasteiger partial charge in [-0.15, -0.1) is 24.0 Å². The van der Waals surface area contributed by atoms with E-state index < -0.39 is 0 Å². The molecule has 23 heavy (non-hydrogen) atoms. The van der Waals surface area contributed by atoms with E-state index in [9.17, 15) is 4.79 Å². The molecule has 0 aromatic rings. The predicted octanol–water partition coefficient (Wildman–Crippen LogP) is 1.72. The number of ether oxygens (including phenoxy) is 2. The molecule has 1 amide bonds. The van der Waals surface area contributed by atoms with Gasteiger partial charge in [-0.3, -0.25) is 4.99 Å². The summed E-state index contributed by atoms with van der Waals surface area (Å²) < 4.78 is 10.2. The summed E-state index contributed by atoms with van der Waals surface area (Å²) in [7, 11) is 1.74. The molecule has 136 valence electrons. The van der Waals surface area contributed by atoms with Gasteiger partial charge >= 0.3 is 6.09 Å². The van der Waals surface area contributed by atoms with Crippen molar-refractivity contribution in [2.24, 2.45) is 10.9 Å². The Kier molecular flexibility index (Phi) is 13.2. The molecule has 1 rings (SSSR count). The number of carbonyl (C=O) groups excluding carboxylic acids is 1. The van der Waals surface area contributed by atoms with Crippen LogP contribution in [0.3, 0.4) is 0 Å². The summed E-state index contributed by atoms with van der Waals surface area (Å²) in [6.07, 6.45) is 2.89. The number of carbonyl (C=O) groups is 1. The molecule has 0 saturated heterocycles. The predicted molar refractivity (Wildman–Crippen MR) is 103 cm³/mol. The van der Waals surface area contributed by atoms with Crippen molar-refractivity contribution in [1.82, 2.24) is 16.0 Å². The summed E-state index contributed by atoms with van der Waals surface area (Å²) in [4.78, 5) is 15.7. The number of aliphatic imine (C=N–C) groups is 1. The normalized spacial score (nSPS) is 15.3. The molecule has 0 radical (unpaired) electrons. The van der Waals surface area contributed by atoms with Crippen LogP contribution in [0.2, 0.25) is 0 Å². The van der Waals surface area contributed by atoms with E-state index in [1.807, 2.05) is 6.92 Å². The van der Waals surface area contributed by atoms with Gasteiger partial charge in [-0.2, -0.15) is 0 Å². The lowest BCUT2D eigenvalue weighted by molar-refractivity contribution is 0.145. The van der Waals surface area contributed by atoms with Crippen LogP contribution in [0.1, 0.15) is 33.1 Å². The fourth-order valence-corrected chi connectivity index (χ4v) is 2.11. The Labute approximate surface area is 156 Å². The van der Waals surface area contributed by atoms with Gasteiger partial charge in [0, 0.05) is 33.4 Å². The number of rotatable bonds is 10. The van der Waals surface area contributed by atoms with Crippen LogP contribution in [0.5, 0.6) is 0 Å². The number of alkyl carbamates (subject to hydrolysis) is 1. The zero-order chi connectivity index (χ0) is 16.2. The number of hydrogen-bond donors (Lipinski definition) is 3. The first-order chi connectivity index (χ1) is 10.7. The van der Waals surface area contributed by atoms with Gasteiger partial charge in [0.2, 0.25) is 0 Å². The van der Waals surface area contributed by atoms with E-state index in [0.29, 0.717) is 19.1 Å². The molecule has 1 aliphatic rings. The zero-order valence-electron chi connectivity index (χ0n) is 14.4. The van der Waals surface area contributed by atoms with Crippen LogP contribution in [-0.2, 0) is 9.47 Å². The standard InChI is InChI=1S/C15H30N4O3.HI/c1-4-21-10-6-9-17-14(16-3)18-11-13(12-7-8-12)19-15(20)22-5-2;/h12-13H,4-11H2,1-3H3,(H,19,20)(H2,16,17,18);1H. The Morgan fingerprint density at radius 1 is 1.26 bits per heavy atom. The molecule has 0 aliphatic heterocycles. The maximum Gasteiger partial charge on any atom is 0.407 e. The Bertz CT molecular complexity index is 352. The minimum absolute atomic E-state index is 0. The largest absolute Gasteiger partial charge is 0.450 e. The van der Waals surface area contributed by atoms with Crippen LogP contribution in [-0.4, -0.2) is 58.1 Å². The summed E-state index contributed by atoms with van der Waals surface area (Å²) in [5, 5.41) is 9.41. The SMILES string of the molecule is CCOCCCNC(=NC)NCC(NC(=O)OCC)C1CC1.I. The molecule has 1 aliphatic carbocycles. The summed E-state index contributed by atoms with van der Waals surface area (Å²) in [6, 6.07) is 0.0843. The number of amides is 1. The summed E-state index contributed by atoms with van der Waals surface area (Å²) in [5.41, 5.74) is 0. The van der Waals surface area contributed by atoms with Crippen LogP contribution in [0.25, 0.3) is 0 Å². The van der Waals surface area contributed by atoms with Crippen molar-refractivity contribution in [2.75, 3.05) is 40.0 Å². The maximum atomic E-state index is 11.6. The maximum absolute atomic E-state index is 11.6. The van der Waals surface area contributed by atoms with Gasteiger partial charge in [-0.05, 0) is 39.0 Å². The van der Waals surface area contributed by atoms with Crippen molar-refractivity contribution in [2.45, 2.75) is 39.2 Å². The molecule has 1 saturated carbocycles. The second-order valence-corrected chi connectivity index (χ2v) is 5.24. The average molecular weight is 442 g/mol. The zero-order valence-corrected chi connectivity index (χ0v) is 16.7. The second-order valence-electron chi connectivity index (χ2n) is 5.24. The first-order valence-electron chi connectivity index (χ1n) is 8.16. The Hall–Kier alpha value is -0.770. The number of hydrogen-bond acceptors (Lipinski definition) is 4. The van der Waals surface area contributed by atoms with Gasteiger partial charge in [-0.1, -0.05) is 0 Å². The molecule has 0 bridgehead atoms. The molecule has 7 nitrogen and oxygen atoms in total. The quantitative estimate of drug-likeness (QED) is 0.208. The smallest absolute Gasteiger partial charge is 0.407 e. The van der Waals surface area contributed by atoms with E-state index in [0.717, 1.165) is 45.0 Å². The summed E-state index contributed by atoms with van der Waals surface area (Å²) in [6.45, 7) is 7.12.